The van der Waals surface area contributed by atoms with Gasteiger partial charge in [-0.2, -0.15) is 0 Å². The molecule has 0 aliphatic rings. The highest BCUT2D eigenvalue weighted by Crippen LogP contribution is 2.18. The zero-order chi connectivity index (χ0) is 24.6. The van der Waals surface area contributed by atoms with Crippen LogP contribution in [0.2, 0.25) is 0 Å². The summed E-state index contributed by atoms with van der Waals surface area (Å²) in [6.45, 7) is 5.18. The molecule has 0 amide bonds. The summed E-state index contributed by atoms with van der Waals surface area (Å²) in [6, 6.07) is 6.39. The number of carbonyl (C=O) groups is 4. The number of benzene rings is 1. The van der Waals surface area contributed by atoms with Crippen molar-refractivity contribution in [3.05, 3.63) is 29.8 Å². The van der Waals surface area contributed by atoms with Gasteiger partial charge >= 0.3 is 23.9 Å². The number of methoxy groups -OCH3 is 1. The average molecular weight is 468 g/mol. The summed E-state index contributed by atoms with van der Waals surface area (Å²) >= 11 is 0. The molecule has 1 unspecified atom stereocenters. The third-order valence-corrected chi connectivity index (χ3v) is 4.48. The minimum Gasteiger partial charge on any atom is -0.482 e. The van der Waals surface area contributed by atoms with E-state index in [0.29, 0.717) is 12.2 Å². The Kier molecular flexibility index (Phi) is 13.2. The largest absolute Gasteiger partial charge is 0.482 e. The number of esters is 4. The van der Waals surface area contributed by atoms with Gasteiger partial charge in [0.1, 0.15) is 5.75 Å². The molecule has 0 heterocycles. The Morgan fingerprint density at radius 3 is 1.79 bits per heavy atom. The lowest BCUT2D eigenvalue weighted by Crippen LogP contribution is -2.45. The topological polar surface area (TPSA) is 118 Å². The van der Waals surface area contributed by atoms with Crippen molar-refractivity contribution >= 4 is 23.9 Å². The van der Waals surface area contributed by atoms with Gasteiger partial charge < -0.3 is 23.7 Å². The Balaban J connectivity index is 2.99. The van der Waals surface area contributed by atoms with Crippen LogP contribution in [0.3, 0.4) is 0 Å². The first kappa shape index (κ1) is 27.9. The number of hydrogen-bond acceptors (Lipinski definition) is 10. The van der Waals surface area contributed by atoms with Crippen molar-refractivity contribution in [1.82, 2.24) is 4.90 Å². The van der Waals surface area contributed by atoms with Crippen LogP contribution in [0.15, 0.2) is 24.3 Å². The maximum absolute atomic E-state index is 12.1. The number of ether oxygens (including phenoxy) is 5. The predicted octanol–water partition coefficient (Wildman–Crippen LogP) is 1.53. The molecule has 0 N–H and O–H groups in total. The second-order valence-corrected chi connectivity index (χ2v) is 6.89. The molecular weight excluding hydrogens is 434 g/mol. The Hall–Kier alpha value is -3.14. The summed E-state index contributed by atoms with van der Waals surface area (Å²) in [5, 5.41) is 0. The van der Waals surface area contributed by atoms with Gasteiger partial charge in [-0.15, -0.1) is 0 Å². The highest BCUT2D eigenvalue weighted by Gasteiger charge is 2.27. The molecular formula is C23H33NO9. The van der Waals surface area contributed by atoms with Crippen molar-refractivity contribution < 1.29 is 42.9 Å². The van der Waals surface area contributed by atoms with Crippen LogP contribution in [0.25, 0.3) is 0 Å². The lowest BCUT2D eigenvalue weighted by molar-refractivity contribution is -0.152. The lowest BCUT2D eigenvalue weighted by Gasteiger charge is -2.29. The smallest absolute Gasteiger partial charge is 0.344 e. The molecule has 0 aliphatic heterocycles. The van der Waals surface area contributed by atoms with E-state index in [1.165, 1.54) is 7.11 Å². The monoisotopic (exact) mass is 467 g/mol. The fourth-order valence-electron chi connectivity index (χ4n) is 3.00. The van der Waals surface area contributed by atoms with Gasteiger partial charge in [0.15, 0.2) is 6.61 Å². The molecule has 1 atom stereocenters. The maximum Gasteiger partial charge on any atom is 0.344 e. The van der Waals surface area contributed by atoms with E-state index in [4.69, 9.17) is 23.7 Å². The van der Waals surface area contributed by atoms with E-state index in [-0.39, 0.29) is 45.9 Å². The molecule has 1 rings (SSSR count). The highest BCUT2D eigenvalue weighted by molar-refractivity contribution is 5.76. The number of rotatable bonds is 15. The van der Waals surface area contributed by atoms with Crippen LogP contribution in [0.4, 0.5) is 0 Å². The van der Waals surface area contributed by atoms with Crippen molar-refractivity contribution in [1.29, 1.82) is 0 Å². The zero-order valence-corrected chi connectivity index (χ0v) is 19.7. The lowest BCUT2D eigenvalue weighted by atomic mass is 10.0. The summed E-state index contributed by atoms with van der Waals surface area (Å²) in [5.41, 5.74) is 0.824. The average Bonchev–Trinajstić information content (AvgIpc) is 2.78. The molecule has 0 aromatic heterocycles. The first-order valence-corrected chi connectivity index (χ1v) is 10.8. The van der Waals surface area contributed by atoms with Gasteiger partial charge in [-0.05, 0) is 44.9 Å². The van der Waals surface area contributed by atoms with Gasteiger partial charge in [0, 0.05) is 6.04 Å². The van der Waals surface area contributed by atoms with Crippen molar-refractivity contribution in [2.45, 2.75) is 39.7 Å². The number of carbonyl (C=O) groups excluding carboxylic acids is 4. The molecule has 0 saturated carbocycles. The van der Waals surface area contributed by atoms with Crippen molar-refractivity contribution in [2.24, 2.45) is 0 Å². The first-order chi connectivity index (χ1) is 15.8. The quantitative estimate of drug-likeness (QED) is 0.278. The molecule has 33 heavy (non-hydrogen) atoms. The van der Waals surface area contributed by atoms with Gasteiger partial charge in [-0.3, -0.25) is 19.3 Å². The molecule has 0 aliphatic carbocycles. The van der Waals surface area contributed by atoms with Gasteiger partial charge in [0.05, 0.1) is 46.4 Å². The van der Waals surface area contributed by atoms with Crippen LogP contribution < -0.4 is 4.74 Å². The molecule has 1 aromatic carbocycles. The summed E-state index contributed by atoms with van der Waals surface area (Å²) in [7, 11) is 1.27. The van der Waals surface area contributed by atoms with E-state index in [1.807, 2.05) is 0 Å². The van der Waals surface area contributed by atoms with E-state index in [2.05, 4.69) is 0 Å². The van der Waals surface area contributed by atoms with E-state index < -0.39 is 29.9 Å². The normalized spacial score (nSPS) is 11.4. The van der Waals surface area contributed by atoms with Gasteiger partial charge in [-0.25, -0.2) is 4.79 Å². The fraction of sp³-hybridized carbons (Fsp3) is 0.565. The Morgan fingerprint density at radius 1 is 0.788 bits per heavy atom. The zero-order valence-electron chi connectivity index (χ0n) is 19.7. The van der Waals surface area contributed by atoms with E-state index in [0.717, 1.165) is 5.56 Å². The molecule has 1 aromatic rings. The van der Waals surface area contributed by atoms with Gasteiger partial charge in [0.2, 0.25) is 0 Å². The molecule has 0 saturated heterocycles. The van der Waals surface area contributed by atoms with Crippen LogP contribution in [0.5, 0.6) is 5.75 Å². The third kappa shape index (κ3) is 11.3. The summed E-state index contributed by atoms with van der Waals surface area (Å²) in [4.78, 5) is 49.3. The van der Waals surface area contributed by atoms with Crippen LogP contribution in [0, 0.1) is 0 Å². The minimum absolute atomic E-state index is 0.0452. The van der Waals surface area contributed by atoms with E-state index in [1.54, 1.807) is 49.9 Å². The van der Waals surface area contributed by atoms with Gasteiger partial charge in [-0.1, -0.05) is 12.1 Å². The molecule has 0 radical (unpaired) electrons. The Labute approximate surface area is 194 Å². The molecule has 0 spiro atoms. The Morgan fingerprint density at radius 2 is 1.30 bits per heavy atom. The molecule has 0 fully saturated rings. The predicted molar refractivity (Wildman–Crippen MR) is 118 cm³/mol. The number of nitrogens with zero attached hydrogens (tertiary/aromatic N) is 1. The van der Waals surface area contributed by atoms with Gasteiger partial charge in [0.25, 0.3) is 0 Å². The molecule has 0 bridgehead atoms. The summed E-state index contributed by atoms with van der Waals surface area (Å²) in [5.74, 6) is -1.50. The Bertz CT molecular complexity index is 744. The van der Waals surface area contributed by atoms with Crippen LogP contribution >= 0.6 is 0 Å². The summed E-state index contributed by atoms with van der Waals surface area (Å²) < 4.78 is 25.1. The van der Waals surface area contributed by atoms with Crippen molar-refractivity contribution in [3.8, 4) is 5.75 Å². The molecule has 10 heteroatoms. The first-order valence-electron chi connectivity index (χ1n) is 10.8. The second kappa shape index (κ2) is 15.6. The fourth-order valence-corrected chi connectivity index (χ4v) is 3.00. The molecule has 184 valence electrons. The van der Waals surface area contributed by atoms with Crippen LogP contribution in [-0.2, 0) is 44.5 Å². The third-order valence-electron chi connectivity index (χ3n) is 4.48. The van der Waals surface area contributed by atoms with E-state index >= 15 is 0 Å². The highest BCUT2D eigenvalue weighted by atomic mass is 16.6. The minimum atomic E-state index is -0.530. The van der Waals surface area contributed by atoms with Crippen molar-refractivity contribution in [3.63, 3.8) is 0 Å². The second-order valence-electron chi connectivity index (χ2n) is 6.89. The summed E-state index contributed by atoms with van der Waals surface area (Å²) in [6.07, 6.45) is 0.294. The van der Waals surface area contributed by atoms with Crippen molar-refractivity contribution in [2.75, 3.05) is 46.6 Å². The number of hydrogen-bond donors (Lipinski definition) is 0. The van der Waals surface area contributed by atoms with E-state index in [9.17, 15) is 19.2 Å². The molecule has 10 nitrogen and oxygen atoms in total. The SMILES string of the molecule is CCOC(=O)COc1ccc(CC(CC(=O)OC)N(CC(=O)OCC)CC(=O)OCC)cc1. The van der Waals surface area contributed by atoms with Crippen LogP contribution in [-0.4, -0.2) is 81.4 Å². The van der Waals surface area contributed by atoms with Crippen LogP contribution in [0.1, 0.15) is 32.8 Å². The standard InChI is InChI=1S/C23H33NO9/c1-5-30-21(26)14-24(15-22(27)31-6-2)18(13-20(25)29-4)12-17-8-10-19(11-9-17)33-16-23(28)32-7-3/h8-11,18H,5-7,12-16H2,1-4H3. The maximum atomic E-state index is 12.1.